The van der Waals surface area contributed by atoms with E-state index in [0.717, 1.165) is 6.07 Å². The minimum Gasteiger partial charge on any atom is -0.481 e. The lowest BCUT2D eigenvalue weighted by Crippen LogP contribution is -2.09. The van der Waals surface area contributed by atoms with Crippen LogP contribution in [0, 0.1) is 0 Å². The normalized spacial score (nSPS) is 12.7. The Morgan fingerprint density at radius 3 is 2.65 bits per heavy atom. The van der Waals surface area contributed by atoms with Crippen LogP contribution in [0.5, 0.6) is 0 Å². The predicted molar refractivity (Wildman–Crippen MR) is 81.5 cm³/mol. The Balaban J connectivity index is 2.95. The minimum absolute atomic E-state index is 0.0850. The van der Waals surface area contributed by atoms with Gasteiger partial charge in [-0.05, 0) is 13.0 Å². The van der Waals surface area contributed by atoms with Gasteiger partial charge in [0.15, 0.2) is 12.7 Å². The van der Waals surface area contributed by atoms with Gasteiger partial charge in [0, 0.05) is 17.8 Å². The van der Waals surface area contributed by atoms with Crippen LogP contribution in [0.15, 0.2) is 30.6 Å². The third kappa shape index (κ3) is 5.86. The molecular formula is C15H15ClF3N2O2+. The van der Waals surface area contributed by atoms with E-state index in [4.69, 9.17) is 16.7 Å². The van der Waals surface area contributed by atoms with Gasteiger partial charge >= 0.3 is 12.1 Å². The number of hydrogen-bond acceptors (Lipinski definition) is 2. The molecule has 4 nitrogen and oxygen atoms in total. The van der Waals surface area contributed by atoms with E-state index >= 15 is 0 Å². The molecule has 1 rings (SSSR count). The van der Waals surface area contributed by atoms with Gasteiger partial charge in [-0.15, -0.1) is 0 Å². The number of carbonyl (C=O) groups is 1. The first-order valence-electron chi connectivity index (χ1n) is 6.51. The number of aliphatic carboxylic acids is 1. The zero-order valence-electron chi connectivity index (χ0n) is 12.3. The highest BCUT2D eigenvalue weighted by Gasteiger charge is 2.31. The maximum Gasteiger partial charge on any atom is 0.417 e. The summed E-state index contributed by atoms with van der Waals surface area (Å²) < 4.78 is 39.2. The topological polar surface area (TPSA) is 53.2 Å². The highest BCUT2D eigenvalue weighted by atomic mass is 35.5. The highest BCUT2D eigenvalue weighted by Crippen LogP contribution is 2.32. The van der Waals surface area contributed by atoms with Crippen LogP contribution in [0.25, 0.3) is 5.57 Å². The molecule has 0 unspecified atom stereocenters. The fourth-order valence-corrected chi connectivity index (χ4v) is 1.89. The van der Waals surface area contributed by atoms with E-state index in [-0.39, 0.29) is 23.7 Å². The molecule has 0 aliphatic rings. The van der Waals surface area contributed by atoms with E-state index in [1.54, 1.807) is 19.1 Å². The second-order valence-corrected chi connectivity index (χ2v) is 4.98. The number of allylic oxidation sites excluding steroid dienone is 3. The van der Waals surface area contributed by atoms with E-state index in [1.807, 2.05) is 0 Å². The van der Waals surface area contributed by atoms with E-state index < -0.39 is 17.7 Å². The Hall–Kier alpha value is -2.15. The molecule has 0 atom stereocenters. The number of carboxylic acids is 1. The van der Waals surface area contributed by atoms with Gasteiger partial charge in [-0.3, -0.25) is 9.78 Å². The SMILES string of the molecule is C=[N+](/C=C\C(=C/C)c1ncc(C(F)(F)F)cc1Cl)CCC(=O)O. The molecule has 0 aliphatic carbocycles. The number of carboxylic acid groups (broad SMARTS) is 1. The molecule has 23 heavy (non-hydrogen) atoms. The summed E-state index contributed by atoms with van der Waals surface area (Å²) in [7, 11) is 0. The maximum atomic E-state index is 12.6. The number of halogens is 4. The molecule has 0 saturated heterocycles. The van der Waals surface area contributed by atoms with Gasteiger partial charge in [0.05, 0.1) is 16.3 Å². The maximum absolute atomic E-state index is 12.6. The van der Waals surface area contributed by atoms with Crippen molar-refractivity contribution in [1.29, 1.82) is 0 Å². The van der Waals surface area contributed by atoms with Crippen molar-refractivity contribution >= 4 is 29.9 Å². The molecule has 0 saturated carbocycles. The second kappa shape index (κ2) is 7.92. The van der Waals surface area contributed by atoms with Crippen molar-refractivity contribution in [1.82, 2.24) is 4.98 Å². The number of pyridine rings is 1. The van der Waals surface area contributed by atoms with Crippen LogP contribution in [0.2, 0.25) is 5.02 Å². The summed E-state index contributed by atoms with van der Waals surface area (Å²) >= 11 is 5.88. The summed E-state index contributed by atoms with van der Waals surface area (Å²) in [6, 6.07) is 0.813. The van der Waals surface area contributed by atoms with E-state index in [1.165, 1.54) is 10.8 Å². The molecule has 0 fully saturated rings. The molecule has 0 amide bonds. The molecule has 1 heterocycles. The zero-order chi connectivity index (χ0) is 17.6. The van der Waals surface area contributed by atoms with Gasteiger partial charge in [-0.1, -0.05) is 17.7 Å². The van der Waals surface area contributed by atoms with Crippen molar-refractivity contribution in [3.63, 3.8) is 0 Å². The van der Waals surface area contributed by atoms with Crippen LogP contribution in [0.4, 0.5) is 13.2 Å². The quantitative estimate of drug-likeness (QED) is 0.483. The van der Waals surface area contributed by atoms with Crippen molar-refractivity contribution in [2.45, 2.75) is 19.5 Å². The molecule has 1 aromatic heterocycles. The lowest BCUT2D eigenvalue weighted by atomic mass is 10.1. The smallest absolute Gasteiger partial charge is 0.417 e. The van der Waals surface area contributed by atoms with Crippen LogP contribution in [-0.4, -0.2) is 33.9 Å². The molecule has 0 spiro atoms. The van der Waals surface area contributed by atoms with Crippen molar-refractivity contribution in [2.24, 2.45) is 0 Å². The molecule has 0 aromatic carbocycles. The first-order valence-corrected chi connectivity index (χ1v) is 6.89. The number of alkyl halides is 3. The lowest BCUT2D eigenvalue weighted by Gasteiger charge is -2.09. The van der Waals surface area contributed by atoms with E-state index in [9.17, 15) is 18.0 Å². The van der Waals surface area contributed by atoms with Gasteiger partial charge < -0.3 is 5.11 Å². The Morgan fingerprint density at radius 1 is 1.52 bits per heavy atom. The summed E-state index contributed by atoms with van der Waals surface area (Å²) in [6.45, 7) is 5.50. The van der Waals surface area contributed by atoms with Crippen molar-refractivity contribution < 1.29 is 27.6 Å². The average molecular weight is 348 g/mol. The summed E-state index contributed by atoms with van der Waals surface area (Å²) in [5.74, 6) is -0.953. The first kappa shape index (κ1) is 18.9. The van der Waals surface area contributed by atoms with Crippen LogP contribution >= 0.6 is 11.6 Å². The fraction of sp³-hybridized carbons (Fsp3) is 0.267. The largest absolute Gasteiger partial charge is 0.481 e. The van der Waals surface area contributed by atoms with Crippen LogP contribution in [0.3, 0.4) is 0 Å². The standard InChI is InChI=1S/C15H14ClF3N2O2/c1-3-10(4-6-21(2)7-5-13(22)23)14-12(16)8-11(9-20-14)15(17,18)19/h3-4,6,8-9H,2,5,7H2,1H3/p+1/b6-4-,10-3+. The van der Waals surface area contributed by atoms with Gasteiger partial charge in [-0.2, -0.15) is 13.2 Å². The lowest BCUT2D eigenvalue weighted by molar-refractivity contribution is -0.446. The summed E-state index contributed by atoms with van der Waals surface area (Å²) in [5, 5.41) is 8.46. The molecule has 0 aliphatic heterocycles. The Labute approximate surface area is 136 Å². The predicted octanol–water partition coefficient (Wildman–Crippen LogP) is 3.86. The van der Waals surface area contributed by atoms with Gasteiger partial charge in [-0.25, -0.2) is 4.58 Å². The molecule has 1 N–H and O–H groups in total. The Morgan fingerprint density at radius 2 is 2.17 bits per heavy atom. The molecule has 8 heteroatoms. The van der Waals surface area contributed by atoms with Crippen LogP contribution < -0.4 is 0 Å². The molecule has 124 valence electrons. The molecule has 0 radical (unpaired) electrons. The molecular weight excluding hydrogens is 333 g/mol. The third-order valence-electron chi connectivity index (χ3n) is 2.83. The van der Waals surface area contributed by atoms with Crippen molar-refractivity contribution in [3.8, 4) is 0 Å². The molecule has 0 bridgehead atoms. The van der Waals surface area contributed by atoms with Crippen molar-refractivity contribution in [2.75, 3.05) is 6.54 Å². The van der Waals surface area contributed by atoms with Gasteiger partial charge in [0.2, 0.25) is 0 Å². The highest BCUT2D eigenvalue weighted by molar-refractivity contribution is 6.32. The zero-order valence-corrected chi connectivity index (χ0v) is 13.0. The van der Waals surface area contributed by atoms with E-state index in [0.29, 0.717) is 11.8 Å². The number of hydrogen-bond donors (Lipinski definition) is 1. The Bertz CT molecular complexity index is 667. The minimum atomic E-state index is -4.51. The first-order chi connectivity index (χ1) is 10.6. The van der Waals surface area contributed by atoms with Crippen LogP contribution in [-0.2, 0) is 11.0 Å². The van der Waals surface area contributed by atoms with Gasteiger partial charge in [0.1, 0.15) is 13.1 Å². The average Bonchev–Trinajstić information content (AvgIpc) is 2.45. The monoisotopic (exact) mass is 347 g/mol. The van der Waals surface area contributed by atoms with Crippen LogP contribution in [0.1, 0.15) is 24.6 Å². The number of nitrogens with zero attached hydrogens (tertiary/aromatic N) is 2. The van der Waals surface area contributed by atoms with Crippen molar-refractivity contribution in [3.05, 3.63) is 46.9 Å². The third-order valence-corrected chi connectivity index (χ3v) is 3.12. The second-order valence-electron chi connectivity index (χ2n) is 4.57. The summed E-state index contributed by atoms with van der Waals surface area (Å²) in [5.41, 5.74) is -0.233. The van der Waals surface area contributed by atoms with E-state index in [2.05, 4.69) is 11.7 Å². The number of rotatable bonds is 6. The Kier molecular flexibility index (Phi) is 6.50. The molecule has 1 aromatic rings. The fourth-order valence-electron chi connectivity index (χ4n) is 1.62. The summed E-state index contributed by atoms with van der Waals surface area (Å²) in [4.78, 5) is 14.2. The summed E-state index contributed by atoms with van der Waals surface area (Å²) in [6.07, 6.45) is 0.804. The van der Waals surface area contributed by atoms with Gasteiger partial charge in [0.25, 0.3) is 0 Å². The number of aromatic nitrogens is 1.